The summed E-state index contributed by atoms with van der Waals surface area (Å²) in [7, 11) is 0. The highest BCUT2D eigenvalue weighted by Gasteiger charge is 2.27. The van der Waals surface area contributed by atoms with E-state index in [0.717, 1.165) is 18.9 Å². The van der Waals surface area contributed by atoms with Crippen molar-refractivity contribution in [2.45, 2.75) is 26.7 Å². The number of nitrogen functional groups attached to an aromatic ring is 1. The number of piperidine rings is 1. The molecule has 0 aliphatic carbocycles. The van der Waals surface area contributed by atoms with Crippen LogP contribution in [0.5, 0.6) is 0 Å². The summed E-state index contributed by atoms with van der Waals surface area (Å²) in [5, 5.41) is 7.28. The van der Waals surface area contributed by atoms with Crippen LogP contribution < -0.4 is 10.6 Å². The molecule has 0 atom stereocenters. The molecule has 92 valence electrons. The molecule has 3 N–H and O–H groups in total. The Hall–Kier alpha value is -1.65. The number of nitrogens with one attached hydrogen (secondary N) is 1. The van der Waals surface area contributed by atoms with E-state index in [4.69, 9.17) is 11.1 Å². The Labute approximate surface area is 102 Å². The SMILES string of the molecule is CC1(C)CCCN(c2cnc(C(=N)N)cn2)C1. The monoisotopic (exact) mass is 233 g/mol. The van der Waals surface area contributed by atoms with Crippen molar-refractivity contribution < 1.29 is 0 Å². The van der Waals surface area contributed by atoms with Crippen molar-refractivity contribution in [3.8, 4) is 0 Å². The molecule has 0 bridgehead atoms. The summed E-state index contributed by atoms with van der Waals surface area (Å²) in [6.07, 6.45) is 5.71. The van der Waals surface area contributed by atoms with Crippen molar-refractivity contribution in [3.63, 3.8) is 0 Å². The first-order valence-electron chi connectivity index (χ1n) is 5.89. The van der Waals surface area contributed by atoms with Gasteiger partial charge in [-0.2, -0.15) is 0 Å². The lowest BCUT2D eigenvalue weighted by Crippen LogP contribution is -2.40. The van der Waals surface area contributed by atoms with Crippen molar-refractivity contribution in [2.75, 3.05) is 18.0 Å². The third-order valence-corrected chi connectivity index (χ3v) is 3.14. The number of amidine groups is 1. The fraction of sp³-hybridized carbons (Fsp3) is 0.583. The molecular weight excluding hydrogens is 214 g/mol. The zero-order valence-electron chi connectivity index (χ0n) is 10.4. The summed E-state index contributed by atoms with van der Waals surface area (Å²) >= 11 is 0. The lowest BCUT2D eigenvalue weighted by Gasteiger charge is -2.38. The molecule has 5 nitrogen and oxygen atoms in total. The summed E-state index contributed by atoms with van der Waals surface area (Å²) in [6.45, 7) is 6.58. The Kier molecular flexibility index (Phi) is 3.00. The van der Waals surface area contributed by atoms with Gasteiger partial charge in [0, 0.05) is 13.1 Å². The minimum atomic E-state index is -0.0389. The highest BCUT2D eigenvalue weighted by Crippen LogP contribution is 2.30. The van der Waals surface area contributed by atoms with Crippen molar-refractivity contribution >= 4 is 11.7 Å². The fourth-order valence-corrected chi connectivity index (χ4v) is 2.24. The lowest BCUT2D eigenvalue weighted by molar-refractivity contribution is 0.292. The molecule has 17 heavy (non-hydrogen) atoms. The number of rotatable bonds is 2. The maximum atomic E-state index is 7.28. The predicted octanol–water partition coefficient (Wildman–Crippen LogP) is 1.39. The summed E-state index contributed by atoms with van der Waals surface area (Å²) in [4.78, 5) is 10.7. The molecule has 1 aromatic heterocycles. The van der Waals surface area contributed by atoms with Gasteiger partial charge in [-0.25, -0.2) is 9.97 Å². The van der Waals surface area contributed by atoms with Crippen LogP contribution in [0.25, 0.3) is 0 Å². The van der Waals surface area contributed by atoms with Gasteiger partial charge in [0.15, 0.2) is 0 Å². The number of aromatic nitrogens is 2. The van der Waals surface area contributed by atoms with E-state index in [1.807, 2.05) is 0 Å². The first kappa shape index (κ1) is 11.8. The molecule has 1 aliphatic heterocycles. The third kappa shape index (κ3) is 2.72. The normalized spacial score (nSPS) is 19.1. The third-order valence-electron chi connectivity index (χ3n) is 3.14. The van der Waals surface area contributed by atoms with Gasteiger partial charge >= 0.3 is 0 Å². The van der Waals surface area contributed by atoms with E-state index in [9.17, 15) is 0 Å². The number of hydrogen-bond donors (Lipinski definition) is 2. The van der Waals surface area contributed by atoms with E-state index in [2.05, 4.69) is 28.7 Å². The van der Waals surface area contributed by atoms with Crippen LogP contribution in [0.1, 0.15) is 32.4 Å². The maximum Gasteiger partial charge on any atom is 0.147 e. The molecule has 0 spiro atoms. The zero-order valence-corrected chi connectivity index (χ0v) is 10.4. The Balaban J connectivity index is 2.14. The second-order valence-electron chi connectivity index (χ2n) is 5.36. The molecule has 0 amide bonds. The summed E-state index contributed by atoms with van der Waals surface area (Å²) in [6, 6.07) is 0. The zero-order chi connectivity index (χ0) is 12.5. The van der Waals surface area contributed by atoms with E-state index >= 15 is 0 Å². The molecule has 0 unspecified atom stereocenters. The molecular formula is C12H19N5. The Morgan fingerprint density at radius 2 is 2.18 bits per heavy atom. The standard InChI is InChI=1S/C12H19N5/c1-12(2)4-3-5-17(8-12)10-7-15-9(6-16-10)11(13)14/h6-7H,3-5,8H2,1-2H3,(H3,13,14). The molecule has 2 heterocycles. The Bertz CT molecular complexity index is 409. The number of nitrogens with zero attached hydrogens (tertiary/aromatic N) is 3. The lowest BCUT2D eigenvalue weighted by atomic mass is 9.84. The van der Waals surface area contributed by atoms with Crippen LogP contribution in [0.4, 0.5) is 5.82 Å². The van der Waals surface area contributed by atoms with E-state index in [0.29, 0.717) is 11.1 Å². The van der Waals surface area contributed by atoms with Crippen LogP contribution in [0.3, 0.4) is 0 Å². The van der Waals surface area contributed by atoms with Crippen molar-refractivity contribution in [2.24, 2.45) is 11.1 Å². The Morgan fingerprint density at radius 3 is 2.71 bits per heavy atom. The first-order chi connectivity index (χ1) is 7.98. The number of hydrogen-bond acceptors (Lipinski definition) is 4. The number of nitrogens with two attached hydrogens (primary N) is 1. The molecule has 1 saturated heterocycles. The van der Waals surface area contributed by atoms with Gasteiger partial charge in [-0.3, -0.25) is 5.41 Å². The second kappa shape index (κ2) is 4.31. The largest absolute Gasteiger partial charge is 0.382 e. The van der Waals surface area contributed by atoms with Crippen molar-refractivity contribution in [1.29, 1.82) is 5.41 Å². The highest BCUT2D eigenvalue weighted by molar-refractivity contribution is 5.92. The van der Waals surface area contributed by atoms with Gasteiger partial charge in [-0.1, -0.05) is 13.8 Å². The van der Waals surface area contributed by atoms with Gasteiger partial charge in [0.1, 0.15) is 17.3 Å². The smallest absolute Gasteiger partial charge is 0.147 e. The number of anilines is 1. The van der Waals surface area contributed by atoms with Crippen LogP contribution in [-0.4, -0.2) is 28.9 Å². The van der Waals surface area contributed by atoms with E-state index in [-0.39, 0.29) is 5.84 Å². The van der Waals surface area contributed by atoms with Crippen molar-refractivity contribution in [3.05, 3.63) is 18.1 Å². The summed E-state index contributed by atoms with van der Waals surface area (Å²) in [5.41, 5.74) is 6.12. The van der Waals surface area contributed by atoms with Gasteiger partial charge in [-0.15, -0.1) is 0 Å². The average Bonchev–Trinajstić information content (AvgIpc) is 2.28. The van der Waals surface area contributed by atoms with E-state index < -0.39 is 0 Å². The van der Waals surface area contributed by atoms with Crippen LogP contribution in [0.2, 0.25) is 0 Å². The van der Waals surface area contributed by atoms with Gasteiger partial charge in [0.2, 0.25) is 0 Å². The molecule has 0 aromatic carbocycles. The van der Waals surface area contributed by atoms with Crippen LogP contribution in [0, 0.1) is 10.8 Å². The topological polar surface area (TPSA) is 78.9 Å². The molecule has 1 aliphatic rings. The second-order valence-corrected chi connectivity index (χ2v) is 5.36. The molecule has 0 saturated carbocycles. The van der Waals surface area contributed by atoms with Gasteiger partial charge in [0.05, 0.1) is 12.4 Å². The summed E-state index contributed by atoms with van der Waals surface area (Å²) < 4.78 is 0. The predicted molar refractivity (Wildman–Crippen MR) is 68.3 cm³/mol. The van der Waals surface area contributed by atoms with Crippen LogP contribution >= 0.6 is 0 Å². The van der Waals surface area contributed by atoms with Crippen LogP contribution in [0.15, 0.2) is 12.4 Å². The van der Waals surface area contributed by atoms with E-state index in [1.54, 1.807) is 12.4 Å². The molecule has 5 heteroatoms. The minimum absolute atomic E-state index is 0.0389. The maximum absolute atomic E-state index is 7.28. The van der Waals surface area contributed by atoms with E-state index in [1.165, 1.54) is 12.8 Å². The minimum Gasteiger partial charge on any atom is -0.382 e. The van der Waals surface area contributed by atoms with Crippen molar-refractivity contribution in [1.82, 2.24) is 9.97 Å². The van der Waals surface area contributed by atoms with Gasteiger partial charge < -0.3 is 10.6 Å². The quantitative estimate of drug-likeness (QED) is 0.597. The molecule has 1 fully saturated rings. The van der Waals surface area contributed by atoms with Crippen LogP contribution in [-0.2, 0) is 0 Å². The molecule has 1 aromatic rings. The van der Waals surface area contributed by atoms with Gasteiger partial charge in [0.25, 0.3) is 0 Å². The average molecular weight is 233 g/mol. The summed E-state index contributed by atoms with van der Waals surface area (Å²) in [5.74, 6) is 0.839. The molecule has 0 radical (unpaired) electrons. The first-order valence-corrected chi connectivity index (χ1v) is 5.89. The van der Waals surface area contributed by atoms with Gasteiger partial charge in [-0.05, 0) is 18.3 Å². The Morgan fingerprint density at radius 1 is 1.41 bits per heavy atom. The fourth-order valence-electron chi connectivity index (χ4n) is 2.24. The highest BCUT2D eigenvalue weighted by atomic mass is 15.2. The molecule has 2 rings (SSSR count).